The second-order valence-corrected chi connectivity index (χ2v) is 10.9. The van der Waals surface area contributed by atoms with Crippen LogP contribution >= 0.6 is 0 Å². The van der Waals surface area contributed by atoms with Gasteiger partial charge in [-0.05, 0) is 81.0 Å². The molecular weight excluding hydrogens is 410 g/mol. The van der Waals surface area contributed by atoms with Crippen molar-refractivity contribution in [3.8, 4) is 17.0 Å². The lowest BCUT2D eigenvalue weighted by atomic mass is 9.82. The minimum atomic E-state index is -0.175. The lowest BCUT2D eigenvalue weighted by Gasteiger charge is -2.34. The van der Waals surface area contributed by atoms with Crippen LogP contribution in [-0.2, 0) is 4.79 Å². The van der Waals surface area contributed by atoms with E-state index in [-0.39, 0.29) is 16.9 Å². The van der Waals surface area contributed by atoms with Crippen molar-refractivity contribution in [2.75, 3.05) is 5.32 Å². The van der Waals surface area contributed by atoms with Crippen LogP contribution in [0.3, 0.4) is 0 Å². The highest BCUT2D eigenvalue weighted by atomic mass is 16.5. The van der Waals surface area contributed by atoms with Crippen molar-refractivity contribution in [1.82, 2.24) is 9.38 Å². The molecular formula is C28H39N3O2. The summed E-state index contributed by atoms with van der Waals surface area (Å²) < 4.78 is 7.63. The number of carbonyl (C=O) groups excluding carboxylic acids is 1. The van der Waals surface area contributed by atoms with Gasteiger partial charge >= 0.3 is 5.97 Å². The first-order valence-corrected chi connectivity index (χ1v) is 12.1. The van der Waals surface area contributed by atoms with Crippen LogP contribution in [0.4, 0.5) is 5.82 Å². The van der Waals surface area contributed by atoms with Crippen molar-refractivity contribution in [1.29, 1.82) is 0 Å². The number of esters is 1. The van der Waals surface area contributed by atoms with Crippen LogP contribution in [0.25, 0.3) is 16.9 Å². The van der Waals surface area contributed by atoms with E-state index in [0.29, 0.717) is 12.2 Å². The highest BCUT2D eigenvalue weighted by Crippen LogP contribution is 2.35. The van der Waals surface area contributed by atoms with Crippen LogP contribution in [0.15, 0.2) is 42.6 Å². The Morgan fingerprint density at radius 2 is 1.76 bits per heavy atom. The van der Waals surface area contributed by atoms with Gasteiger partial charge in [-0.15, -0.1) is 0 Å². The lowest BCUT2D eigenvalue weighted by Crippen LogP contribution is -2.36. The van der Waals surface area contributed by atoms with Gasteiger partial charge in [0.2, 0.25) is 0 Å². The van der Waals surface area contributed by atoms with E-state index in [9.17, 15) is 4.79 Å². The molecule has 0 saturated carbocycles. The number of benzene rings is 1. The predicted octanol–water partition coefficient (Wildman–Crippen LogP) is 7.42. The predicted molar refractivity (Wildman–Crippen MR) is 137 cm³/mol. The van der Waals surface area contributed by atoms with E-state index < -0.39 is 0 Å². The van der Waals surface area contributed by atoms with Crippen molar-refractivity contribution >= 4 is 17.4 Å². The lowest BCUT2D eigenvalue weighted by molar-refractivity contribution is -0.134. The van der Waals surface area contributed by atoms with Gasteiger partial charge in [0.05, 0.1) is 0 Å². The second kappa shape index (κ2) is 9.98. The zero-order valence-corrected chi connectivity index (χ0v) is 21.3. The Hall–Kier alpha value is -2.82. The van der Waals surface area contributed by atoms with E-state index in [2.05, 4.69) is 76.5 Å². The summed E-state index contributed by atoms with van der Waals surface area (Å²) in [5, 5.41) is 3.77. The molecule has 5 heteroatoms. The monoisotopic (exact) mass is 449 g/mol. The van der Waals surface area contributed by atoms with Gasteiger partial charge in [0.1, 0.15) is 22.9 Å². The van der Waals surface area contributed by atoms with Gasteiger partial charge in [0.15, 0.2) is 0 Å². The van der Waals surface area contributed by atoms with Crippen molar-refractivity contribution < 1.29 is 9.53 Å². The number of nitrogens with zero attached hydrogens (tertiary/aromatic N) is 2. The van der Waals surface area contributed by atoms with Gasteiger partial charge < -0.3 is 10.1 Å². The second-order valence-electron chi connectivity index (χ2n) is 10.9. The Morgan fingerprint density at radius 3 is 2.39 bits per heavy atom. The molecule has 2 aromatic heterocycles. The van der Waals surface area contributed by atoms with Gasteiger partial charge in [0, 0.05) is 23.7 Å². The number of pyridine rings is 1. The summed E-state index contributed by atoms with van der Waals surface area (Å²) in [6.07, 6.45) is 6.53. The number of nitrogens with one attached hydrogen (secondary N) is 1. The van der Waals surface area contributed by atoms with E-state index in [0.717, 1.165) is 48.4 Å². The van der Waals surface area contributed by atoms with Gasteiger partial charge in [0.25, 0.3) is 0 Å². The molecule has 0 unspecified atom stereocenters. The van der Waals surface area contributed by atoms with Gasteiger partial charge in [-0.3, -0.25) is 9.20 Å². The van der Waals surface area contributed by atoms with Crippen LogP contribution in [0.1, 0.15) is 79.2 Å². The van der Waals surface area contributed by atoms with Gasteiger partial charge in [-0.25, -0.2) is 4.98 Å². The van der Waals surface area contributed by atoms with Crippen LogP contribution in [0.5, 0.6) is 5.75 Å². The molecule has 5 nitrogen and oxygen atoms in total. The average molecular weight is 450 g/mol. The average Bonchev–Trinajstić information content (AvgIpc) is 3.03. The number of ether oxygens (including phenoxy) is 1. The summed E-state index contributed by atoms with van der Waals surface area (Å²) in [6, 6.07) is 11.9. The molecule has 178 valence electrons. The number of aryl methyl sites for hydroxylation is 1. The highest BCUT2D eigenvalue weighted by Gasteiger charge is 2.28. The topological polar surface area (TPSA) is 55.6 Å². The van der Waals surface area contributed by atoms with E-state index in [1.807, 2.05) is 24.3 Å². The zero-order chi connectivity index (χ0) is 24.2. The molecule has 0 bridgehead atoms. The summed E-state index contributed by atoms with van der Waals surface area (Å²) in [5.74, 6) is 1.37. The fourth-order valence-electron chi connectivity index (χ4n) is 4.54. The Bertz CT molecular complexity index is 1090. The molecule has 0 fully saturated rings. The van der Waals surface area contributed by atoms with Crippen molar-refractivity contribution in [3.05, 3.63) is 48.2 Å². The minimum Gasteiger partial charge on any atom is -0.427 e. The Kier molecular flexibility index (Phi) is 7.51. The van der Waals surface area contributed by atoms with Crippen LogP contribution < -0.4 is 10.1 Å². The number of carbonyl (C=O) groups is 1. The largest absolute Gasteiger partial charge is 0.427 e. The molecule has 0 aliphatic heterocycles. The third-order valence-electron chi connectivity index (χ3n) is 5.55. The normalized spacial score (nSPS) is 12.2. The number of unbranched alkanes of at least 4 members (excludes halogenated alkanes) is 2. The number of imidazole rings is 1. The summed E-state index contributed by atoms with van der Waals surface area (Å²) in [7, 11) is 0. The molecule has 1 aromatic carbocycles. The molecule has 1 N–H and O–H groups in total. The maximum absolute atomic E-state index is 12.1. The van der Waals surface area contributed by atoms with Crippen LogP contribution in [0, 0.1) is 12.3 Å². The number of rotatable bonds is 9. The smallest absolute Gasteiger partial charge is 0.311 e. The fraction of sp³-hybridized carbons (Fsp3) is 0.500. The summed E-state index contributed by atoms with van der Waals surface area (Å²) in [6.45, 7) is 15.5. The number of hydrogen-bond donors (Lipinski definition) is 1. The molecule has 2 heterocycles. The molecule has 0 aliphatic rings. The highest BCUT2D eigenvalue weighted by molar-refractivity contribution is 5.78. The van der Waals surface area contributed by atoms with Crippen LogP contribution in [-0.4, -0.2) is 20.9 Å². The Balaban J connectivity index is 1.90. The molecule has 0 aliphatic carbocycles. The molecule has 0 atom stereocenters. The molecule has 0 spiro atoms. The summed E-state index contributed by atoms with van der Waals surface area (Å²) in [4.78, 5) is 17.0. The Labute approximate surface area is 198 Å². The number of fused-ring (bicyclic) bond motifs is 1. The molecule has 3 rings (SSSR count). The van der Waals surface area contributed by atoms with Crippen molar-refractivity contribution in [3.63, 3.8) is 0 Å². The van der Waals surface area contributed by atoms with Crippen molar-refractivity contribution in [2.45, 2.75) is 86.1 Å². The first-order valence-electron chi connectivity index (χ1n) is 12.1. The van der Waals surface area contributed by atoms with E-state index in [4.69, 9.17) is 9.72 Å². The van der Waals surface area contributed by atoms with Gasteiger partial charge in [-0.1, -0.05) is 40.5 Å². The van der Waals surface area contributed by atoms with E-state index >= 15 is 0 Å². The maximum atomic E-state index is 12.1. The van der Waals surface area contributed by atoms with Gasteiger partial charge in [-0.2, -0.15) is 0 Å². The molecule has 33 heavy (non-hydrogen) atoms. The first-order chi connectivity index (χ1) is 15.5. The summed E-state index contributed by atoms with van der Waals surface area (Å²) >= 11 is 0. The number of aromatic nitrogens is 2. The minimum absolute atomic E-state index is 0.123. The molecule has 0 radical (unpaired) electrons. The Morgan fingerprint density at radius 1 is 1.06 bits per heavy atom. The van der Waals surface area contributed by atoms with E-state index in [1.165, 1.54) is 5.56 Å². The third kappa shape index (κ3) is 6.83. The van der Waals surface area contributed by atoms with Crippen molar-refractivity contribution in [2.24, 2.45) is 5.41 Å². The molecule has 0 amide bonds. The molecule has 3 aromatic rings. The maximum Gasteiger partial charge on any atom is 0.311 e. The first kappa shape index (κ1) is 24.8. The van der Waals surface area contributed by atoms with E-state index in [1.54, 1.807) is 0 Å². The summed E-state index contributed by atoms with van der Waals surface area (Å²) in [5.41, 5.74) is 4.02. The van der Waals surface area contributed by atoms with Crippen LogP contribution in [0.2, 0.25) is 0 Å². The zero-order valence-electron chi connectivity index (χ0n) is 21.3. The quantitative estimate of drug-likeness (QED) is 0.210. The SMILES string of the molecule is CCCCCC(=O)Oc1ccc(-c2nc3cc(C)ccn3c2NC(C)(C)CC(C)(C)C)cc1. The third-order valence-corrected chi connectivity index (χ3v) is 5.55. The standard InChI is InChI=1S/C28H39N3O2/c1-8-9-10-11-24(32)33-22-14-12-21(13-15-22)25-26(30-28(6,7)19-27(3,4)5)31-17-16-20(2)18-23(31)29-25/h12-18,30H,8-11,19H2,1-7H3. The molecule has 0 saturated heterocycles. The number of anilines is 1. The number of hydrogen-bond acceptors (Lipinski definition) is 4. The fourth-order valence-corrected chi connectivity index (χ4v) is 4.54.